The number of nitrogens with one attached hydrogen (secondary N) is 1. The van der Waals surface area contributed by atoms with Gasteiger partial charge in [-0.2, -0.15) is 10.4 Å². The van der Waals surface area contributed by atoms with Gasteiger partial charge >= 0.3 is 5.97 Å². The number of carbonyl (C=O) groups is 2. The molecule has 0 bridgehead atoms. The molecule has 0 aliphatic carbocycles. The molecule has 0 spiro atoms. The second-order valence-electron chi connectivity index (χ2n) is 7.50. The van der Waals surface area contributed by atoms with Crippen molar-refractivity contribution in [1.82, 2.24) is 19.7 Å². The molecule has 1 aliphatic heterocycles. The van der Waals surface area contributed by atoms with Crippen molar-refractivity contribution in [3.8, 4) is 23.6 Å². The topological polar surface area (TPSA) is 133 Å². The summed E-state index contributed by atoms with van der Waals surface area (Å²) in [6, 6.07) is 10.5. The first-order chi connectivity index (χ1) is 15.8. The lowest BCUT2D eigenvalue weighted by Crippen LogP contribution is -2.37. The van der Waals surface area contributed by atoms with Crippen LogP contribution in [0.3, 0.4) is 0 Å². The molecule has 0 radical (unpaired) electrons. The molecule has 1 fully saturated rings. The van der Waals surface area contributed by atoms with Gasteiger partial charge < -0.3 is 20.1 Å². The summed E-state index contributed by atoms with van der Waals surface area (Å²) in [5, 5.41) is 27.7. The van der Waals surface area contributed by atoms with Crippen LogP contribution in [0, 0.1) is 23.2 Å². The number of esters is 1. The van der Waals surface area contributed by atoms with Gasteiger partial charge in [-0.15, -0.1) is 0 Å². The van der Waals surface area contributed by atoms with Gasteiger partial charge in [-0.3, -0.25) is 4.79 Å². The highest BCUT2D eigenvalue weighted by molar-refractivity contribution is 6.07. The Balaban J connectivity index is 1.86. The fourth-order valence-electron chi connectivity index (χ4n) is 3.67. The van der Waals surface area contributed by atoms with Crippen LogP contribution in [0.25, 0.3) is 16.6 Å². The van der Waals surface area contributed by atoms with Crippen LogP contribution in [0.2, 0.25) is 0 Å². The third kappa shape index (κ3) is 3.73. The summed E-state index contributed by atoms with van der Waals surface area (Å²) in [6.45, 7) is 0.433. The zero-order valence-electron chi connectivity index (χ0n) is 18.2. The predicted octanol–water partition coefficient (Wildman–Crippen LogP) is 1.07. The van der Waals surface area contributed by atoms with Gasteiger partial charge in [0.05, 0.1) is 23.7 Å². The summed E-state index contributed by atoms with van der Waals surface area (Å²) in [5.41, 5.74) is 0.0419. The molecular weight excluding hydrogens is 424 g/mol. The van der Waals surface area contributed by atoms with E-state index in [9.17, 15) is 20.0 Å². The molecule has 1 saturated heterocycles. The van der Waals surface area contributed by atoms with Crippen LogP contribution in [0.1, 0.15) is 28.2 Å². The largest absolute Gasteiger partial charge is 0.464 e. The summed E-state index contributed by atoms with van der Waals surface area (Å²) in [5.74, 6) is 4.79. The van der Waals surface area contributed by atoms with E-state index in [1.807, 2.05) is 6.07 Å². The van der Waals surface area contributed by atoms with Crippen LogP contribution >= 0.6 is 0 Å². The number of aromatic nitrogens is 3. The van der Waals surface area contributed by atoms with Crippen molar-refractivity contribution < 1.29 is 19.4 Å². The Hall–Kier alpha value is -4.41. The van der Waals surface area contributed by atoms with Gasteiger partial charge in [0.2, 0.25) is 5.60 Å². The van der Waals surface area contributed by atoms with Gasteiger partial charge in [-0.1, -0.05) is 17.9 Å². The predicted molar refractivity (Wildman–Crippen MR) is 119 cm³/mol. The number of nitrogens with zero attached hydrogens (tertiary/aromatic N) is 5. The first-order valence-electron chi connectivity index (χ1n) is 10.0. The number of likely N-dealkylation sites (tertiary alicyclic amines) is 1. The van der Waals surface area contributed by atoms with Crippen molar-refractivity contribution in [3.05, 3.63) is 47.3 Å². The second kappa shape index (κ2) is 8.26. The van der Waals surface area contributed by atoms with Gasteiger partial charge in [-0.05, 0) is 18.2 Å². The van der Waals surface area contributed by atoms with Crippen LogP contribution in [-0.4, -0.2) is 70.0 Å². The van der Waals surface area contributed by atoms with Gasteiger partial charge in [-0.25, -0.2) is 14.5 Å². The summed E-state index contributed by atoms with van der Waals surface area (Å²) in [4.78, 5) is 30.2. The molecule has 1 atom stereocenters. The number of hydrogen-bond acceptors (Lipinski definition) is 8. The molecule has 10 heteroatoms. The van der Waals surface area contributed by atoms with E-state index >= 15 is 0 Å². The highest BCUT2D eigenvalue weighted by Crippen LogP contribution is 2.29. The monoisotopic (exact) mass is 444 g/mol. The number of methoxy groups -OCH3 is 1. The fourth-order valence-corrected chi connectivity index (χ4v) is 3.67. The normalized spacial score (nSPS) is 17.4. The van der Waals surface area contributed by atoms with E-state index in [2.05, 4.69) is 27.2 Å². The molecule has 2 aromatic heterocycles. The lowest BCUT2D eigenvalue weighted by Gasteiger charge is -2.13. The Labute approximate surface area is 189 Å². The number of aliphatic hydroxyl groups is 1. The third-order valence-electron chi connectivity index (χ3n) is 5.41. The smallest absolute Gasteiger partial charge is 0.359 e. The molecule has 3 aromatic rings. The zero-order chi connectivity index (χ0) is 23.8. The first kappa shape index (κ1) is 21.8. The third-order valence-corrected chi connectivity index (χ3v) is 5.41. The Morgan fingerprint density at radius 1 is 1.36 bits per heavy atom. The molecule has 0 saturated carbocycles. The van der Waals surface area contributed by atoms with Crippen LogP contribution < -0.4 is 5.32 Å². The Morgan fingerprint density at radius 2 is 2.15 bits per heavy atom. The zero-order valence-corrected chi connectivity index (χ0v) is 18.2. The average molecular weight is 444 g/mol. The van der Waals surface area contributed by atoms with Gasteiger partial charge in [0, 0.05) is 38.7 Å². The SMILES string of the molecule is CNc1nc(C#N)cc2c1c(C(=O)OC)nn2-c1cccc(C#C[C@]2(O)CCN(C)C2=O)c1. The first-order valence-corrected chi connectivity index (χ1v) is 10.0. The average Bonchev–Trinajstić information content (AvgIpc) is 3.35. The van der Waals surface area contributed by atoms with E-state index in [1.165, 1.54) is 22.8 Å². The lowest BCUT2D eigenvalue weighted by molar-refractivity contribution is -0.137. The molecule has 2 N–H and O–H groups in total. The van der Waals surface area contributed by atoms with Crippen molar-refractivity contribution in [3.63, 3.8) is 0 Å². The number of likely N-dealkylation sites (N-methyl/N-ethyl adjacent to an activating group) is 1. The molecule has 1 amide bonds. The van der Waals surface area contributed by atoms with Crippen LogP contribution in [0.5, 0.6) is 0 Å². The minimum absolute atomic E-state index is 0.0410. The quantitative estimate of drug-likeness (QED) is 0.453. The van der Waals surface area contributed by atoms with Crippen molar-refractivity contribution in [2.24, 2.45) is 0 Å². The Bertz CT molecular complexity index is 1390. The Morgan fingerprint density at radius 3 is 2.79 bits per heavy atom. The molecule has 1 aliphatic rings. The van der Waals surface area contributed by atoms with Crippen molar-refractivity contribution in [2.45, 2.75) is 12.0 Å². The number of anilines is 1. The molecular formula is C23H20N6O4. The molecule has 3 heterocycles. The highest BCUT2D eigenvalue weighted by atomic mass is 16.5. The van der Waals surface area contributed by atoms with Crippen LogP contribution in [0.15, 0.2) is 30.3 Å². The fraction of sp³-hybridized carbons (Fsp3) is 0.261. The van der Waals surface area contributed by atoms with E-state index in [-0.39, 0.29) is 17.8 Å². The number of nitriles is 1. The molecule has 1 aromatic carbocycles. The van der Waals surface area contributed by atoms with Gasteiger partial charge in [0.25, 0.3) is 5.91 Å². The van der Waals surface area contributed by atoms with E-state index in [0.717, 1.165) is 0 Å². The number of carbonyl (C=O) groups excluding carboxylic acids is 2. The van der Waals surface area contributed by atoms with Gasteiger partial charge in [0.15, 0.2) is 5.69 Å². The van der Waals surface area contributed by atoms with E-state index in [4.69, 9.17) is 4.74 Å². The molecule has 33 heavy (non-hydrogen) atoms. The number of fused-ring (bicyclic) bond motifs is 1. The maximum Gasteiger partial charge on any atom is 0.359 e. The van der Waals surface area contributed by atoms with Crippen LogP contribution in [0.4, 0.5) is 5.82 Å². The van der Waals surface area contributed by atoms with Crippen molar-refractivity contribution >= 4 is 28.6 Å². The lowest BCUT2D eigenvalue weighted by atomic mass is 10.0. The summed E-state index contributed by atoms with van der Waals surface area (Å²) in [6.07, 6.45) is 0.234. The summed E-state index contributed by atoms with van der Waals surface area (Å²) >= 11 is 0. The summed E-state index contributed by atoms with van der Waals surface area (Å²) < 4.78 is 6.38. The molecule has 10 nitrogen and oxygen atoms in total. The number of ether oxygens (including phenoxy) is 1. The van der Waals surface area contributed by atoms with E-state index in [0.29, 0.717) is 34.5 Å². The maximum atomic E-state index is 12.4. The van der Waals surface area contributed by atoms with E-state index in [1.54, 1.807) is 38.4 Å². The maximum absolute atomic E-state index is 12.4. The van der Waals surface area contributed by atoms with Crippen molar-refractivity contribution in [1.29, 1.82) is 5.26 Å². The summed E-state index contributed by atoms with van der Waals surface area (Å²) in [7, 11) is 4.50. The number of hydrogen-bond donors (Lipinski definition) is 2. The minimum Gasteiger partial charge on any atom is -0.464 e. The van der Waals surface area contributed by atoms with Crippen LogP contribution in [-0.2, 0) is 9.53 Å². The van der Waals surface area contributed by atoms with Crippen molar-refractivity contribution in [2.75, 3.05) is 33.1 Å². The molecule has 166 valence electrons. The van der Waals surface area contributed by atoms with Gasteiger partial charge in [0.1, 0.15) is 17.6 Å². The Kier molecular flexibility index (Phi) is 5.46. The van der Waals surface area contributed by atoms with E-state index < -0.39 is 17.5 Å². The second-order valence-corrected chi connectivity index (χ2v) is 7.50. The number of rotatable bonds is 3. The standard InChI is InChI=1S/C23H20N6O4/c1-25-20-18-17(12-15(13-24)26-20)29(27-19(18)21(30)33-3)16-6-4-5-14(11-16)7-8-23(32)9-10-28(2)22(23)31/h4-6,11-12,32H,9-10H2,1-3H3,(H,25,26)/t23-/m0/s1. The number of amides is 1. The highest BCUT2D eigenvalue weighted by Gasteiger charge is 2.42. The number of benzene rings is 1. The molecule has 4 rings (SSSR count). The minimum atomic E-state index is -1.71. The number of pyridine rings is 1. The molecule has 0 unspecified atom stereocenters.